The molecule has 0 N–H and O–H groups in total. The molecule has 0 spiro atoms. The number of rotatable bonds is 41. The molecule has 0 rings (SSSR count). The van der Waals surface area contributed by atoms with E-state index >= 15 is 0 Å². The van der Waals surface area contributed by atoms with Crippen molar-refractivity contribution < 1.29 is 28.6 Å². The van der Waals surface area contributed by atoms with Gasteiger partial charge in [-0.3, -0.25) is 14.4 Å². The van der Waals surface area contributed by atoms with Gasteiger partial charge in [0, 0.05) is 19.3 Å². The molecular weight excluding hydrogens is 793 g/mol. The Bertz CT molecular complexity index is 1520. The quantitative estimate of drug-likeness (QED) is 0.0200. The molecule has 0 heterocycles. The fourth-order valence-corrected chi connectivity index (χ4v) is 5.81. The second-order valence-corrected chi connectivity index (χ2v) is 15.3. The third kappa shape index (κ3) is 48.1. The van der Waals surface area contributed by atoms with Gasteiger partial charge in [0.25, 0.3) is 0 Å². The maximum Gasteiger partial charge on any atom is 0.306 e. The van der Waals surface area contributed by atoms with Crippen LogP contribution >= 0.6 is 0 Å². The van der Waals surface area contributed by atoms with Crippen molar-refractivity contribution in [2.45, 2.75) is 175 Å². The van der Waals surface area contributed by atoms with Gasteiger partial charge in [0.05, 0.1) is 0 Å². The second kappa shape index (κ2) is 50.7. The fraction of sp³-hybridized carbons (Fsp3) is 0.500. The summed E-state index contributed by atoms with van der Waals surface area (Å²) in [7, 11) is 0. The summed E-state index contributed by atoms with van der Waals surface area (Å²) in [6.45, 7) is 6.10. The monoisotopic (exact) mass is 879 g/mol. The molecule has 64 heavy (non-hydrogen) atoms. The Morgan fingerprint density at radius 2 is 0.656 bits per heavy atom. The van der Waals surface area contributed by atoms with E-state index in [1.807, 2.05) is 54.7 Å². The first-order chi connectivity index (χ1) is 31.5. The summed E-state index contributed by atoms with van der Waals surface area (Å²) >= 11 is 0. The number of hydrogen-bond acceptors (Lipinski definition) is 6. The summed E-state index contributed by atoms with van der Waals surface area (Å²) in [5, 5.41) is 0. The van der Waals surface area contributed by atoms with E-state index in [1.54, 1.807) is 0 Å². The molecule has 0 aliphatic rings. The molecule has 6 nitrogen and oxygen atoms in total. The van der Waals surface area contributed by atoms with Crippen LogP contribution in [0.5, 0.6) is 0 Å². The van der Waals surface area contributed by atoms with Crippen LogP contribution in [0.15, 0.2) is 158 Å². The highest BCUT2D eigenvalue weighted by Gasteiger charge is 2.19. The predicted molar refractivity (Wildman–Crippen MR) is 274 cm³/mol. The van der Waals surface area contributed by atoms with Gasteiger partial charge in [0.1, 0.15) is 13.2 Å². The summed E-state index contributed by atoms with van der Waals surface area (Å²) in [6.07, 6.45) is 73.8. The molecule has 0 aromatic rings. The number of ether oxygens (including phenoxy) is 3. The van der Waals surface area contributed by atoms with Crippen LogP contribution in [0.4, 0.5) is 0 Å². The van der Waals surface area contributed by atoms with E-state index in [0.29, 0.717) is 12.8 Å². The summed E-state index contributed by atoms with van der Waals surface area (Å²) in [6, 6.07) is 0. The van der Waals surface area contributed by atoms with Crippen molar-refractivity contribution in [2.75, 3.05) is 13.2 Å². The molecule has 0 aromatic carbocycles. The molecule has 0 saturated carbocycles. The van der Waals surface area contributed by atoms with Crippen molar-refractivity contribution in [1.29, 1.82) is 0 Å². The first-order valence-electron chi connectivity index (χ1n) is 24.6. The lowest BCUT2D eigenvalue weighted by Crippen LogP contribution is -2.30. The van der Waals surface area contributed by atoms with Crippen molar-refractivity contribution in [3.8, 4) is 0 Å². The van der Waals surface area contributed by atoms with Gasteiger partial charge in [0.2, 0.25) is 0 Å². The third-order valence-electron chi connectivity index (χ3n) is 9.39. The van der Waals surface area contributed by atoms with E-state index in [4.69, 9.17) is 14.2 Å². The van der Waals surface area contributed by atoms with Gasteiger partial charge in [-0.1, -0.05) is 204 Å². The predicted octanol–water partition coefficient (Wildman–Crippen LogP) is 16.2. The van der Waals surface area contributed by atoms with E-state index < -0.39 is 6.10 Å². The van der Waals surface area contributed by atoms with Crippen LogP contribution in [0.2, 0.25) is 0 Å². The third-order valence-corrected chi connectivity index (χ3v) is 9.39. The molecule has 0 bridgehead atoms. The minimum absolute atomic E-state index is 0.144. The zero-order valence-corrected chi connectivity index (χ0v) is 40.2. The van der Waals surface area contributed by atoms with Crippen LogP contribution in [0.3, 0.4) is 0 Å². The summed E-state index contributed by atoms with van der Waals surface area (Å²) in [5.41, 5.74) is 0. The zero-order chi connectivity index (χ0) is 46.5. The van der Waals surface area contributed by atoms with Crippen LogP contribution in [0.25, 0.3) is 0 Å². The molecule has 354 valence electrons. The Hall–Kier alpha value is -4.97. The highest BCUT2D eigenvalue weighted by atomic mass is 16.6. The minimum atomic E-state index is -0.844. The highest BCUT2D eigenvalue weighted by molar-refractivity contribution is 5.71. The summed E-state index contributed by atoms with van der Waals surface area (Å²) in [5.74, 6) is -1.10. The Morgan fingerprint density at radius 3 is 1.11 bits per heavy atom. The van der Waals surface area contributed by atoms with Crippen molar-refractivity contribution in [3.05, 3.63) is 158 Å². The second-order valence-electron chi connectivity index (χ2n) is 15.3. The number of carbonyl (C=O) groups excluding carboxylic acids is 3. The average molecular weight is 879 g/mol. The average Bonchev–Trinajstić information content (AvgIpc) is 3.29. The Labute approximate surface area is 390 Å². The van der Waals surface area contributed by atoms with Gasteiger partial charge >= 0.3 is 17.9 Å². The molecule has 1 unspecified atom stereocenters. The first-order valence-corrected chi connectivity index (χ1v) is 24.6. The van der Waals surface area contributed by atoms with Crippen molar-refractivity contribution in [3.63, 3.8) is 0 Å². The molecule has 0 saturated heterocycles. The molecule has 0 fully saturated rings. The van der Waals surface area contributed by atoms with E-state index in [2.05, 4.69) is 124 Å². The van der Waals surface area contributed by atoms with Gasteiger partial charge in [-0.05, 0) is 103 Å². The molecule has 0 aromatic heterocycles. The Morgan fingerprint density at radius 1 is 0.328 bits per heavy atom. The van der Waals surface area contributed by atoms with E-state index in [-0.39, 0.29) is 50.4 Å². The Kier molecular flexibility index (Phi) is 46.7. The standard InChI is InChI=1S/C58H86O6/c1-4-7-10-13-16-19-22-25-27-29-31-33-36-39-42-45-48-51-57(60)63-54-55(53-62-56(59)50-47-44-41-38-35-32-24-21-18-15-12-9-6-3)64-58(61)52-49-46-43-40-37-34-30-28-26-23-20-17-14-11-8-5-2/h7-12,15-21,24-28,31-33,35,38-39,41-42,55H,4-6,13-14,22-23,29-30,34,36-37,40,43-54H2,1-3H3/b10-7+,11-8+,12-9+,18-15+,19-16+,20-17+,24-21+,27-25+,28-26+,33-31+,35-32+,41-38+,42-39+. The number of allylic oxidation sites excluding steroid dienone is 26. The number of hydrogen-bond donors (Lipinski definition) is 0. The molecule has 6 heteroatoms. The van der Waals surface area contributed by atoms with Gasteiger partial charge in [-0.15, -0.1) is 0 Å². The van der Waals surface area contributed by atoms with E-state index in [1.165, 1.54) is 12.8 Å². The first kappa shape index (κ1) is 59.0. The summed E-state index contributed by atoms with van der Waals surface area (Å²) in [4.78, 5) is 37.9. The fourth-order valence-electron chi connectivity index (χ4n) is 5.81. The van der Waals surface area contributed by atoms with Crippen LogP contribution < -0.4 is 0 Å². The maximum atomic E-state index is 12.8. The minimum Gasteiger partial charge on any atom is -0.462 e. The van der Waals surface area contributed by atoms with Gasteiger partial charge in [-0.2, -0.15) is 0 Å². The van der Waals surface area contributed by atoms with Crippen molar-refractivity contribution >= 4 is 17.9 Å². The van der Waals surface area contributed by atoms with Crippen LogP contribution in [0.1, 0.15) is 168 Å². The highest BCUT2D eigenvalue weighted by Crippen LogP contribution is 2.12. The molecule has 1 atom stereocenters. The lowest BCUT2D eigenvalue weighted by atomic mass is 10.1. The van der Waals surface area contributed by atoms with Crippen LogP contribution in [-0.4, -0.2) is 37.2 Å². The van der Waals surface area contributed by atoms with Crippen molar-refractivity contribution in [1.82, 2.24) is 0 Å². The number of unbranched alkanes of at least 4 members (excludes halogenated alkanes) is 8. The molecule has 0 amide bonds. The maximum absolute atomic E-state index is 12.8. The van der Waals surface area contributed by atoms with E-state index in [0.717, 1.165) is 103 Å². The SMILES string of the molecule is CC/C=C/C=C/C=C/C=C/C=C/CCCC(=O)OCC(COC(=O)CCC/C=C/C/C=C/C/C=C/C/C=C/C/C=C/CC)OC(=O)CCCCCCCC/C=C/C/C=C/C/C=C/CC. The van der Waals surface area contributed by atoms with Gasteiger partial charge in [-0.25, -0.2) is 0 Å². The lowest BCUT2D eigenvalue weighted by Gasteiger charge is -2.18. The normalized spacial score (nSPS) is 13.5. The van der Waals surface area contributed by atoms with Gasteiger partial charge < -0.3 is 14.2 Å². The smallest absolute Gasteiger partial charge is 0.306 e. The molecule has 0 aliphatic heterocycles. The summed E-state index contributed by atoms with van der Waals surface area (Å²) < 4.78 is 16.6. The van der Waals surface area contributed by atoms with Crippen molar-refractivity contribution in [2.24, 2.45) is 0 Å². The lowest BCUT2D eigenvalue weighted by molar-refractivity contribution is -0.167. The Balaban J connectivity index is 4.64. The number of esters is 3. The largest absolute Gasteiger partial charge is 0.462 e. The zero-order valence-electron chi connectivity index (χ0n) is 40.2. The number of carbonyl (C=O) groups is 3. The van der Waals surface area contributed by atoms with Gasteiger partial charge in [0.15, 0.2) is 6.10 Å². The topological polar surface area (TPSA) is 78.9 Å². The van der Waals surface area contributed by atoms with Crippen LogP contribution in [-0.2, 0) is 28.6 Å². The molecule has 0 radical (unpaired) electrons. The molecular formula is C58H86O6. The van der Waals surface area contributed by atoms with E-state index in [9.17, 15) is 14.4 Å². The van der Waals surface area contributed by atoms with Crippen LogP contribution in [0, 0.1) is 0 Å². The molecule has 0 aliphatic carbocycles.